The summed E-state index contributed by atoms with van der Waals surface area (Å²) in [6, 6.07) is 12.0. The lowest BCUT2D eigenvalue weighted by Gasteiger charge is -2.20. The molecule has 18 heavy (non-hydrogen) atoms. The first-order valence-electron chi connectivity index (χ1n) is 5.82. The fourth-order valence-electron chi connectivity index (χ4n) is 1.98. The van der Waals surface area contributed by atoms with Gasteiger partial charge in [-0.25, -0.2) is 0 Å². The maximum absolute atomic E-state index is 10.5. The lowest BCUT2D eigenvalue weighted by Crippen LogP contribution is -2.19. The Kier molecular flexibility index (Phi) is 4.56. The predicted octanol–water partition coefficient (Wildman–Crippen LogP) is 3.59. The van der Waals surface area contributed by atoms with Gasteiger partial charge in [-0.1, -0.05) is 30.3 Å². The molecule has 0 aliphatic carbocycles. The molecule has 2 unspecified atom stereocenters. The van der Waals surface area contributed by atoms with E-state index >= 15 is 0 Å². The van der Waals surface area contributed by atoms with Crippen LogP contribution in [0.25, 0.3) is 0 Å². The highest BCUT2D eigenvalue weighted by molar-refractivity contribution is 9.11. The van der Waals surface area contributed by atoms with E-state index in [1.807, 2.05) is 43.3 Å². The molecule has 0 saturated carbocycles. The summed E-state index contributed by atoms with van der Waals surface area (Å²) < 4.78 is 1.07. The molecule has 1 aromatic heterocycles. The van der Waals surface area contributed by atoms with Gasteiger partial charge < -0.3 is 10.8 Å². The van der Waals surface area contributed by atoms with Crippen LogP contribution in [0.3, 0.4) is 0 Å². The van der Waals surface area contributed by atoms with Crippen LogP contribution in [0.1, 0.15) is 28.0 Å². The van der Waals surface area contributed by atoms with Crippen LogP contribution in [-0.4, -0.2) is 11.7 Å². The first kappa shape index (κ1) is 13.7. The molecule has 2 atom stereocenters. The molecular formula is C14H16BrNOS. The van der Waals surface area contributed by atoms with Crippen LogP contribution in [0.15, 0.2) is 40.2 Å². The first-order chi connectivity index (χ1) is 8.63. The average molecular weight is 326 g/mol. The second-order valence-corrected chi connectivity index (χ2v) is 6.70. The summed E-state index contributed by atoms with van der Waals surface area (Å²) in [5.74, 6) is -0.0591. The molecule has 1 heterocycles. The molecule has 0 aliphatic rings. The first-order valence-corrected chi connectivity index (χ1v) is 7.43. The Balaban J connectivity index is 2.28. The highest BCUT2D eigenvalue weighted by Crippen LogP contribution is 2.37. The Hall–Kier alpha value is -0.680. The van der Waals surface area contributed by atoms with Gasteiger partial charge in [-0.3, -0.25) is 0 Å². The van der Waals surface area contributed by atoms with Gasteiger partial charge in [0.1, 0.15) is 0 Å². The van der Waals surface area contributed by atoms with Crippen LogP contribution in [0.4, 0.5) is 0 Å². The Bertz CT molecular complexity index is 492. The number of halogens is 1. The van der Waals surface area contributed by atoms with Crippen molar-refractivity contribution < 1.29 is 5.11 Å². The summed E-state index contributed by atoms with van der Waals surface area (Å²) in [4.78, 5) is 0.957. The molecule has 0 radical (unpaired) electrons. The van der Waals surface area contributed by atoms with Gasteiger partial charge in [0.15, 0.2) is 0 Å². The van der Waals surface area contributed by atoms with Crippen LogP contribution in [0, 0.1) is 6.92 Å². The van der Waals surface area contributed by atoms with Gasteiger partial charge in [0, 0.05) is 17.3 Å². The zero-order valence-corrected chi connectivity index (χ0v) is 12.5. The van der Waals surface area contributed by atoms with Gasteiger partial charge in [-0.05, 0) is 40.0 Å². The van der Waals surface area contributed by atoms with Gasteiger partial charge in [-0.2, -0.15) is 0 Å². The predicted molar refractivity (Wildman–Crippen MR) is 80.0 cm³/mol. The minimum absolute atomic E-state index is 0.0591. The molecule has 2 rings (SSSR count). The second kappa shape index (κ2) is 5.97. The topological polar surface area (TPSA) is 46.2 Å². The van der Waals surface area contributed by atoms with Gasteiger partial charge in [-0.15, -0.1) is 11.3 Å². The number of hydrogen-bond donors (Lipinski definition) is 2. The minimum atomic E-state index is -0.549. The van der Waals surface area contributed by atoms with E-state index in [1.165, 1.54) is 0 Å². The zero-order chi connectivity index (χ0) is 13.1. The second-order valence-electron chi connectivity index (χ2n) is 4.30. The van der Waals surface area contributed by atoms with Crippen molar-refractivity contribution in [1.29, 1.82) is 0 Å². The number of benzene rings is 1. The largest absolute Gasteiger partial charge is 0.387 e. The van der Waals surface area contributed by atoms with Crippen molar-refractivity contribution >= 4 is 27.3 Å². The Labute approximate surface area is 120 Å². The molecule has 0 fully saturated rings. The monoisotopic (exact) mass is 325 g/mol. The number of thiophene rings is 1. The molecule has 0 bridgehead atoms. The number of aliphatic hydroxyl groups excluding tert-OH is 1. The number of aryl methyl sites for hydroxylation is 1. The van der Waals surface area contributed by atoms with E-state index in [1.54, 1.807) is 11.3 Å². The minimum Gasteiger partial charge on any atom is -0.387 e. The van der Waals surface area contributed by atoms with Crippen LogP contribution in [0.2, 0.25) is 0 Å². The molecule has 2 nitrogen and oxygen atoms in total. The summed E-state index contributed by atoms with van der Waals surface area (Å²) in [6.07, 6.45) is -0.549. The van der Waals surface area contributed by atoms with Crippen LogP contribution < -0.4 is 5.73 Å². The molecule has 3 N–H and O–H groups in total. The van der Waals surface area contributed by atoms with E-state index in [4.69, 9.17) is 5.73 Å². The SMILES string of the molecule is Cc1cc(C(O)C(CN)c2ccccc2)sc1Br. The third-order valence-corrected chi connectivity index (χ3v) is 5.24. The number of nitrogens with two attached hydrogens (primary N) is 1. The Morgan fingerprint density at radius 3 is 2.50 bits per heavy atom. The normalized spacial score (nSPS) is 14.4. The van der Waals surface area contributed by atoms with E-state index in [0.717, 1.165) is 19.8 Å². The van der Waals surface area contributed by atoms with Gasteiger partial charge >= 0.3 is 0 Å². The van der Waals surface area contributed by atoms with E-state index in [0.29, 0.717) is 6.54 Å². The van der Waals surface area contributed by atoms with Crippen LogP contribution >= 0.6 is 27.3 Å². The summed E-state index contributed by atoms with van der Waals surface area (Å²) >= 11 is 5.06. The number of aliphatic hydroxyl groups is 1. The lowest BCUT2D eigenvalue weighted by molar-refractivity contribution is 0.151. The molecule has 1 aromatic carbocycles. The Morgan fingerprint density at radius 2 is 2.00 bits per heavy atom. The summed E-state index contributed by atoms with van der Waals surface area (Å²) in [6.45, 7) is 2.45. The average Bonchev–Trinajstić information content (AvgIpc) is 2.72. The van der Waals surface area contributed by atoms with Gasteiger partial charge in [0.05, 0.1) is 9.89 Å². The summed E-state index contributed by atoms with van der Waals surface area (Å²) in [7, 11) is 0. The standard InChI is InChI=1S/C14H16BrNOS/c1-9-7-12(18-14(9)15)13(17)11(8-16)10-5-3-2-4-6-10/h2-7,11,13,17H,8,16H2,1H3. The lowest BCUT2D eigenvalue weighted by atomic mass is 9.92. The zero-order valence-electron chi connectivity index (χ0n) is 10.1. The van der Waals surface area contributed by atoms with E-state index in [-0.39, 0.29) is 5.92 Å². The highest BCUT2D eigenvalue weighted by atomic mass is 79.9. The summed E-state index contributed by atoms with van der Waals surface area (Å²) in [5, 5.41) is 10.5. The molecule has 0 spiro atoms. The van der Waals surface area contributed by atoms with E-state index < -0.39 is 6.10 Å². The highest BCUT2D eigenvalue weighted by Gasteiger charge is 2.23. The molecule has 0 amide bonds. The van der Waals surface area contributed by atoms with Crippen molar-refractivity contribution in [1.82, 2.24) is 0 Å². The molecule has 2 aromatic rings. The van der Waals surface area contributed by atoms with Crippen molar-refractivity contribution in [3.05, 3.63) is 56.2 Å². The molecule has 4 heteroatoms. The van der Waals surface area contributed by atoms with Crippen molar-refractivity contribution in [2.75, 3.05) is 6.54 Å². The maximum Gasteiger partial charge on any atom is 0.0962 e. The number of hydrogen-bond acceptors (Lipinski definition) is 3. The molecule has 96 valence electrons. The van der Waals surface area contributed by atoms with Crippen molar-refractivity contribution in [2.24, 2.45) is 5.73 Å². The third kappa shape index (κ3) is 2.83. The maximum atomic E-state index is 10.5. The smallest absolute Gasteiger partial charge is 0.0962 e. The molecular weight excluding hydrogens is 310 g/mol. The molecule has 0 saturated heterocycles. The van der Waals surface area contributed by atoms with E-state index in [9.17, 15) is 5.11 Å². The van der Waals surface area contributed by atoms with Gasteiger partial charge in [0.2, 0.25) is 0 Å². The number of rotatable bonds is 4. The van der Waals surface area contributed by atoms with Crippen molar-refractivity contribution in [3.8, 4) is 0 Å². The van der Waals surface area contributed by atoms with Crippen LogP contribution in [-0.2, 0) is 0 Å². The van der Waals surface area contributed by atoms with Gasteiger partial charge in [0.25, 0.3) is 0 Å². The molecule has 0 aliphatic heterocycles. The fraction of sp³-hybridized carbons (Fsp3) is 0.286. The Morgan fingerprint density at radius 1 is 1.33 bits per heavy atom. The third-order valence-electron chi connectivity index (χ3n) is 3.03. The van der Waals surface area contributed by atoms with Crippen LogP contribution in [0.5, 0.6) is 0 Å². The van der Waals surface area contributed by atoms with Crippen molar-refractivity contribution in [3.63, 3.8) is 0 Å². The van der Waals surface area contributed by atoms with Crippen molar-refractivity contribution in [2.45, 2.75) is 18.9 Å². The summed E-state index contributed by atoms with van der Waals surface area (Å²) in [5.41, 5.74) is 8.05. The quantitative estimate of drug-likeness (QED) is 0.902. The van der Waals surface area contributed by atoms with E-state index in [2.05, 4.69) is 15.9 Å². The fourth-order valence-corrected chi connectivity index (χ4v) is 3.60.